The van der Waals surface area contributed by atoms with E-state index >= 15 is 0 Å². The van der Waals surface area contributed by atoms with Gasteiger partial charge in [-0.3, -0.25) is 9.59 Å². The second-order valence-electron chi connectivity index (χ2n) is 5.16. The molecule has 1 fully saturated rings. The quantitative estimate of drug-likeness (QED) is 0.793. The molecule has 1 aliphatic heterocycles. The molecule has 1 aromatic heterocycles. The molecular weight excluding hydrogens is 260 g/mol. The van der Waals surface area contributed by atoms with E-state index in [4.69, 9.17) is 5.73 Å². The first kappa shape index (κ1) is 14.4. The Labute approximate surface area is 116 Å². The van der Waals surface area contributed by atoms with Crippen LogP contribution in [-0.4, -0.2) is 33.0 Å². The molecule has 1 amide bonds. The lowest BCUT2D eigenvalue weighted by Gasteiger charge is -2.20. The molecule has 0 unspecified atom stereocenters. The number of aryl methyl sites for hydroxylation is 1. The topological polar surface area (TPSA) is 90.3 Å². The van der Waals surface area contributed by atoms with Crippen molar-refractivity contribution in [1.29, 1.82) is 0 Å². The fourth-order valence-corrected chi connectivity index (χ4v) is 2.45. The maximum atomic E-state index is 12.2. The number of likely N-dealkylation sites (tertiary alicyclic amines) is 1. The fraction of sp³-hybridized carbons (Fsp3) is 0.615. The van der Waals surface area contributed by atoms with Gasteiger partial charge in [-0.05, 0) is 12.8 Å². The van der Waals surface area contributed by atoms with Gasteiger partial charge >= 0.3 is 5.69 Å². The average Bonchev–Trinajstić information content (AvgIpc) is 2.70. The van der Waals surface area contributed by atoms with E-state index in [9.17, 15) is 14.4 Å². The zero-order valence-corrected chi connectivity index (χ0v) is 11.7. The van der Waals surface area contributed by atoms with Crippen LogP contribution in [-0.2, 0) is 18.4 Å². The molecule has 1 aliphatic rings. The van der Waals surface area contributed by atoms with E-state index in [0.717, 1.165) is 30.3 Å². The summed E-state index contributed by atoms with van der Waals surface area (Å²) >= 11 is 0. The summed E-state index contributed by atoms with van der Waals surface area (Å²) in [5.74, 6) is -0.197. The molecule has 0 atom stereocenters. The number of rotatable bonds is 2. The van der Waals surface area contributed by atoms with Gasteiger partial charge in [-0.25, -0.2) is 9.36 Å². The van der Waals surface area contributed by atoms with Crippen LogP contribution in [0.3, 0.4) is 0 Å². The van der Waals surface area contributed by atoms with Crippen LogP contribution in [0.1, 0.15) is 25.7 Å². The molecule has 0 bridgehead atoms. The fourth-order valence-electron chi connectivity index (χ4n) is 2.45. The van der Waals surface area contributed by atoms with Crippen LogP contribution in [0, 0.1) is 0 Å². The van der Waals surface area contributed by atoms with Crippen molar-refractivity contribution in [3.63, 3.8) is 0 Å². The molecule has 1 saturated heterocycles. The Morgan fingerprint density at radius 1 is 1.20 bits per heavy atom. The van der Waals surface area contributed by atoms with E-state index in [1.54, 1.807) is 4.90 Å². The van der Waals surface area contributed by atoms with E-state index < -0.39 is 11.2 Å². The molecule has 0 radical (unpaired) electrons. The molecule has 1 aromatic rings. The smallest absolute Gasteiger partial charge is 0.331 e. The van der Waals surface area contributed by atoms with Gasteiger partial charge in [0.15, 0.2) is 0 Å². The maximum Gasteiger partial charge on any atom is 0.331 e. The lowest BCUT2D eigenvalue weighted by Crippen LogP contribution is -2.45. The highest BCUT2D eigenvalue weighted by atomic mass is 16.2. The largest absolute Gasteiger partial charge is 0.393 e. The number of nitrogen functional groups attached to an aromatic ring is 1. The summed E-state index contributed by atoms with van der Waals surface area (Å²) in [6, 6.07) is 0. The van der Waals surface area contributed by atoms with E-state index in [-0.39, 0.29) is 18.1 Å². The summed E-state index contributed by atoms with van der Waals surface area (Å²) in [4.78, 5) is 37.8. The Bertz CT molecular complexity index is 575. The van der Waals surface area contributed by atoms with Crippen molar-refractivity contribution in [3.05, 3.63) is 27.0 Å². The summed E-state index contributed by atoms with van der Waals surface area (Å²) in [6.07, 6.45) is 5.44. The van der Waals surface area contributed by atoms with Gasteiger partial charge in [-0.2, -0.15) is 0 Å². The Morgan fingerprint density at radius 2 is 1.80 bits per heavy atom. The molecule has 110 valence electrons. The normalized spacial score (nSPS) is 15.9. The summed E-state index contributed by atoms with van der Waals surface area (Å²) in [7, 11) is 1.51. The van der Waals surface area contributed by atoms with E-state index in [1.807, 2.05) is 0 Å². The third kappa shape index (κ3) is 2.92. The van der Waals surface area contributed by atoms with Crippen LogP contribution >= 0.6 is 0 Å². The summed E-state index contributed by atoms with van der Waals surface area (Å²) in [6.45, 7) is 1.14. The third-order valence-corrected chi connectivity index (χ3v) is 3.61. The van der Waals surface area contributed by atoms with E-state index in [0.29, 0.717) is 13.1 Å². The Hall–Kier alpha value is -2.05. The number of carbonyl (C=O) groups is 1. The van der Waals surface area contributed by atoms with Crippen LogP contribution in [0.25, 0.3) is 0 Å². The van der Waals surface area contributed by atoms with Crippen molar-refractivity contribution in [3.8, 4) is 0 Å². The number of amides is 1. The number of nitrogens with zero attached hydrogens (tertiary/aromatic N) is 3. The van der Waals surface area contributed by atoms with Crippen molar-refractivity contribution in [1.82, 2.24) is 14.0 Å². The van der Waals surface area contributed by atoms with Gasteiger partial charge in [0, 0.05) is 26.3 Å². The molecule has 0 aromatic carbocycles. The van der Waals surface area contributed by atoms with Gasteiger partial charge in [-0.15, -0.1) is 0 Å². The standard InChI is InChI=1S/C13H20N4O3/c1-15-8-10(14)12(19)17(13(15)20)9-11(18)16-6-4-2-3-5-7-16/h8H,2-7,9,14H2,1H3. The first-order chi connectivity index (χ1) is 9.50. The molecule has 0 saturated carbocycles. The Balaban J connectivity index is 2.23. The van der Waals surface area contributed by atoms with Gasteiger partial charge < -0.3 is 15.2 Å². The van der Waals surface area contributed by atoms with Crippen molar-refractivity contribution < 1.29 is 4.79 Å². The number of nitrogens with two attached hydrogens (primary N) is 1. The zero-order valence-electron chi connectivity index (χ0n) is 11.7. The van der Waals surface area contributed by atoms with Crippen molar-refractivity contribution in [2.75, 3.05) is 18.8 Å². The van der Waals surface area contributed by atoms with Crippen LogP contribution in [0.15, 0.2) is 15.8 Å². The average molecular weight is 280 g/mol. The summed E-state index contributed by atoms with van der Waals surface area (Å²) < 4.78 is 2.12. The third-order valence-electron chi connectivity index (χ3n) is 3.61. The maximum absolute atomic E-state index is 12.2. The predicted octanol–water partition coefficient (Wildman–Crippen LogP) is -0.468. The number of aromatic nitrogens is 2. The minimum absolute atomic E-state index is 0.0317. The van der Waals surface area contributed by atoms with Crippen molar-refractivity contribution >= 4 is 11.6 Å². The predicted molar refractivity (Wildman–Crippen MR) is 75.4 cm³/mol. The van der Waals surface area contributed by atoms with E-state index in [2.05, 4.69) is 0 Å². The van der Waals surface area contributed by atoms with Crippen molar-refractivity contribution in [2.24, 2.45) is 7.05 Å². The highest BCUT2D eigenvalue weighted by Gasteiger charge is 2.18. The molecule has 0 aliphatic carbocycles. The number of anilines is 1. The minimum Gasteiger partial charge on any atom is -0.393 e. The Kier molecular flexibility index (Phi) is 4.26. The number of carbonyl (C=O) groups excluding carboxylic acids is 1. The molecule has 2 rings (SSSR count). The minimum atomic E-state index is -0.601. The molecular formula is C13H20N4O3. The summed E-state index contributed by atoms with van der Waals surface area (Å²) in [5.41, 5.74) is 4.40. The second-order valence-corrected chi connectivity index (χ2v) is 5.16. The van der Waals surface area contributed by atoms with Crippen LogP contribution in [0.4, 0.5) is 5.69 Å². The zero-order chi connectivity index (χ0) is 14.7. The summed E-state index contributed by atoms with van der Waals surface area (Å²) in [5, 5.41) is 0. The lowest BCUT2D eigenvalue weighted by molar-refractivity contribution is -0.131. The van der Waals surface area contributed by atoms with Gasteiger partial charge in [0.05, 0.1) is 0 Å². The molecule has 2 heterocycles. The first-order valence-corrected chi connectivity index (χ1v) is 6.84. The van der Waals surface area contributed by atoms with Crippen molar-refractivity contribution in [2.45, 2.75) is 32.2 Å². The molecule has 7 nitrogen and oxygen atoms in total. The van der Waals surface area contributed by atoms with E-state index in [1.165, 1.54) is 17.8 Å². The van der Waals surface area contributed by atoms with Gasteiger partial charge in [-0.1, -0.05) is 12.8 Å². The number of hydrogen-bond acceptors (Lipinski definition) is 4. The number of hydrogen-bond donors (Lipinski definition) is 1. The van der Waals surface area contributed by atoms with Crippen LogP contribution in [0.5, 0.6) is 0 Å². The SMILES string of the molecule is Cn1cc(N)c(=O)n(CC(=O)N2CCCCCC2)c1=O. The van der Waals surface area contributed by atoms with Crippen LogP contribution < -0.4 is 17.0 Å². The second kappa shape index (κ2) is 5.94. The molecule has 7 heteroatoms. The van der Waals surface area contributed by atoms with Gasteiger partial charge in [0.25, 0.3) is 5.56 Å². The first-order valence-electron chi connectivity index (χ1n) is 6.84. The molecule has 20 heavy (non-hydrogen) atoms. The monoisotopic (exact) mass is 280 g/mol. The highest BCUT2D eigenvalue weighted by Crippen LogP contribution is 2.09. The van der Waals surface area contributed by atoms with Gasteiger partial charge in [0.2, 0.25) is 5.91 Å². The lowest BCUT2D eigenvalue weighted by atomic mass is 10.2. The molecule has 2 N–H and O–H groups in total. The van der Waals surface area contributed by atoms with Gasteiger partial charge in [0.1, 0.15) is 12.2 Å². The Morgan fingerprint density at radius 3 is 2.40 bits per heavy atom. The highest BCUT2D eigenvalue weighted by molar-refractivity contribution is 5.76. The van der Waals surface area contributed by atoms with Crippen LogP contribution in [0.2, 0.25) is 0 Å². The molecule has 0 spiro atoms.